The Balaban J connectivity index is 2.22. The maximum Gasteiger partial charge on any atom is 0.334 e. The summed E-state index contributed by atoms with van der Waals surface area (Å²) in [6.45, 7) is 4.55. The molecule has 1 aliphatic rings. The second kappa shape index (κ2) is 5.40. The Labute approximate surface area is 111 Å². The van der Waals surface area contributed by atoms with Gasteiger partial charge < -0.3 is 14.7 Å². The number of morpholine rings is 1. The lowest BCUT2D eigenvalue weighted by Gasteiger charge is -2.31. The Morgan fingerprint density at radius 2 is 1.95 bits per heavy atom. The van der Waals surface area contributed by atoms with E-state index < -0.39 is 12.1 Å². The number of hydrogen-bond acceptors (Lipinski definition) is 3. The van der Waals surface area contributed by atoms with E-state index in [4.69, 9.17) is 9.84 Å². The Bertz CT molecular complexity index is 492. The van der Waals surface area contributed by atoms with E-state index in [0.717, 1.165) is 11.1 Å². The Kier molecular flexibility index (Phi) is 3.85. The molecule has 1 aromatic carbocycles. The summed E-state index contributed by atoms with van der Waals surface area (Å²) >= 11 is 0. The van der Waals surface area contributed by atoms with Crippen molar-refractivity contribution in [2.45, 2.75) is 20.0 Å². The van der Waals surface area contributed by atoms with Crippen molar-refractivity contribution in [1.29, 1.82) is 0 Å². The van der Waals surface area contributed by atoms with Crippen LogP contribution in [0.2, 0.25) is 0 Å². The number of nitrogens with zero attached hydrogens (tertiary/aromatic N) is 1. The van der Waals surface area contributed by atoms with Crippen LogP contribution in [0.1, 0.15) is 21.5 Å². The highest BCUT2D eigenvalue weighted by atomic mass is 16.5. The number of amides is 1. The molecule has 5 heteroatoms. The average Bonchev–Trinajstić information content (AvgIpc) is 2.38. The molecule has 1 aliphatic heterocycles. The standard InChI is InChI=1S/C14H17NO4/c1-9-4-3-5-10(2)12(9)13(16)15-6-7-19-11(8-15)14(17)18/h3-5,11H,6-8H2,1-2H3,(H,17,18). The number of carboxylic acid groups (broad SMARTS) is 1. The molecule has 1 saturated heterocycles. The third-order valence-corrected chi connectivity index (χ3v) is 3.32. The molecule has 1 atom stereocenters. The monoisotopic (exact) mass is 263 g/mol. The molecule has 1 aromatic rings. The van der Waals surface area contributed by atoms with Gasteiger partial charge in [-0.25, -0.2) is 4.79 Å². The summed E-state index contributed by atoms with van der Waals surface area (Å²) in [6.07, 6.45) is -0.929. The molecule has 1 heterocycles. The Morgan fingerprint density at radius 3 is 2.53 bits per heavy atom. The molecule has 5 nitrogen and oxygen atoms in total. The number of aliphatic carboxylic acids is 1. The SMILES string of the molecule is Cc1cccc(C)c1C(=O)N1CCOC(C(=O)O)C1. The van der Waals surface area contributed by atoms with E-state index in [-0.39, 0.29) is 19.1 Å². The van der Waals surface area contributed by atoms with Crippen molar-refractivity contribution in [3.8, 4) is 0 Å². The first-order chi connectivity index (χ1) is 9.00. The van der Waals surface area contributed by atoms with Gasteiger partial charge in [0, 0.05) is 12.1 Å². The number of rotatable bonds is 2. The third kappa shape index (κ3) is 2.76. The molecule has 0 radical (unpaired) electrons. The Hall–Kier alpha value is -1.88. The minimum absolute atomic E-state index is 0.0991. The quantitative estimate of drug-likeness (QED) is 0.871. The highest BCUT2D eigenvalue weighted by Gasteiger charge is 2.30. The first-order valence-corrected chi connectivity index (χ1v) is 6.20. The number of hydrogen-bond donors (Lipinski definition) is 1. The van der Waals surface area contributed by atoms with E-state index in [0.29, 0.717) is 12.1 Å². The van der Waals surface area contributed by atoms with E-state index in [1.165, 1.54) is 0 Å². The summed E-state index contributed by atoms with van der Waals surface area (Å²) < 4.78 is 5.12. The second-order valence-electron chi connectivity index (χ2n) is 4.72. The van der Waals surface area contributed by atoms with E-state index in [9.17, 15) is 9.59 Å². The zero-order valence-electron chi connectivity index (χ0n) is 11.0. The fourth-order valence-corrected chi connectivity index (χ4v) is 2.29. The lowest BCUT2D eigenvalue weighted by molar-refractivity contribution is -0.154. The largest absolute Gasteiger partial charge is 0.479 e. The Morgan fingerprint density at radius 1 is 1.32 bits per heavy atom. The van der Waals surface area contributed by atoms with Crippen LogP contribution >= 0.6 is 0 Å². The predicted octanol–water partition coefficient (Wildman–Crippen LogP) is 1.23. The van der Waals surface area contributed by atoms with Crippen molar-refractivity contribution < 1.29 is 19.4 Å². The first-order valence-electron chi connectivity index (χ1n) is 6.20. The van der Waals surface area contributed by atoms with Crippen molar-refractivity contribution in [3.63, 3.8) is 0 Å². The van der Waals surface area contributed by atoms with Crippen LogP contribution < -0.4 is 0 Å². The van der Waals surface area contributed by atoms with E-state index in [1.54, 1.807) is 4.90 Å². The maximum atomic E-state index is 12.5. The minimum atomic E-state index is -1.03. The molecular formula is C14H17NO4. The number of benzene rings is 1. The van der Waals surface area contributed by atoms with Gasteiger partial charge in [-0.3, -0.25) is 4.79 Å². The van der Waals surface area contributed by atoms with Crippen LogP contribution in [-0.2, 0) is 9.53 Å². The van der Waals surface area contributed by atoms with Gasteiger partial charge in [0.15, 0.2) is 6.10 Å². The molecular weight excluding hydrogens is 246 g/mol. The van der Waals surface area contributed by atoms with Crippen LogP contribution in [0, 0.1) is 13.8 Å². The van der Waals surface area contributed by atoms with E-state index >= 15 is 0 Å². The molecule has 1 N–H and O–H groups in total. The minimum Gasteiger partial charge on any atom is -0.479 e. The van der Waals surface area contributed by atoms with Gasteiger partial charge in [-0.05, 0) is 25.0 Å². The average molecular weight is 263 g/mol. The number of carboxylic acids is 1. The van der Waals surface area contributed by atoms with Crippen molar-refractivity contribution in [2.24, 2.45) is 0 Å². The number of carbonyl (C=O) groups is 2. The lowest BCUT2D eigenvalue weighted by atomic mass is 10.0. The molecule has 0 saturated carbocycles. The van der Waals surface area contributed by atoms with Gasteiger partial charge in [-0.15, -0.1) is 0 Å². The lowest BCUT2D eigenvalue weighted by Crippen LogP contribution is -2.48. The molecule has 0 aliphatic carbocycles. The van der Waals surface area contributed by atoms with Crippen LogP contribution in [0.3, 0.4) is 0 Å². The van der Waals surface area contributed by atoms with Gasteiger partial charge in [-0.1, -0.05) is 18.2 Å². The summed E-state index contributed by atoms with van der Waals surface area (Å²) in [6, 6.07) is 5.67. The van der Waals surface area contributed by atoms with Crippen molar-refractivity contribution in [3.05, 3.63) is 34.9 Å². The topological polar surface area (TPSA) is 66.8 Å². The second-order valence-corrected chi connectivity index (χ2v) is 4.72. The van der Waals surface area contributed by atoms with Crippen LogP contribution in [0.5, 0.6) is 0 Å². The highest BCUT2D eigenvalue weighted by molar-refractivity contribution is 5.97. The summed E-state index contributed by atoms with van der Waals surface area (Å²) in [5.74, 6) is -1.15. The smallest absolute Gasteiger partial charge is 0.334 e. The first kappa shape index (κ1) is 13.5. The molecule has 0 spiro atoms. The van der Waals surface area contributed by atoms with Gasteiger partial charge in [0.1, 0.15) is 0 Å². The number of aryl methyl sites for hydroxylation is 2. The normalized spacial score (nSPS) is 19.3. The van der Waals surface area contributed by atoms with Crippen molar-refractivity contribution in [1.82, 2.24) is 4.90 Å². The molecule has 102 valence electrons. The molecule has 2 rings (SSSR count). The molecule has 1 fully saturated rings. The van der Waals surface area contributed by atoms with Crippen LogP contribution in [0.25, 0.3) is 0 Å². The molecule has 0 bridgehead atoms. The fourth-order valence-electron chi connectivity index (χ4n) is 2.29. The molecule has 19 heavy (non-hydrogen) atoms. The van der Waals surface area contributed by atoms with Gasteiger partial charge >= 0.3 is 5.97 Å². The van der Waals surface area contributed by atoms with Gasteiger partial charge in [0.05, 0.1) is 13.2 Å². The maximum absolute atomic E-state index is 12.5. The molecule has 1 amide bonds. The van der Waals surface area contributed by atoms with Crippen LogP contribution in [0.15, 0.2) is 18.2 Å². The summed E-state index contributed by atoms with van der Waals surface area (Å²) in [7, 11) is 0. The predicted molar refractivity (Wildman–Crippen MR) is 69.2 cm³/mol. The van der Waals surface area contributed by atoms with Crippen LogP contribution in [-0.4, -0.2) is 47.7 Å². The number of ether oxygens (including phenoxy) is 1. The zero-order chi connectivity index (χ0) is 14.0. The summed E-state index contributed by atoms with van der Waals surface area (Å²) in [4.78, 5) is 25.0. The summed E-state index contributed by atoms with van der Waals surface area (Å²) in [5, 5.41) is 8.95. The van der Waals surface area contributed by atoms with E-state index in [2.05, 4.69) is 0 Å². The van der Waals surface area contributed by atoms with E-state index in [1.807, 2.05) is 32.0 Å². The molecule has 0 aromatic heterocycles. The van der Waals surface area contributed by atoms with Crippen molar-refractivity contribution in [2.75, 3.05) is 19.7 Å². The van der Waals surface area contributed by atoms with Gasteiger partial charge in [0.2, 0.25) is 0 Å². The van der Waals surface area contributed by atoms with Gasteiger partial charge in [0.25, 0.3) is 5.91 Å². The number of carbonyl (C=O) groups excluding carboxylic acids is 1. The van der Waals surface area contributed by atoms with Crippen LogP contribution in [0.4, 0.5) is 0 Å². The molecule has 1 unspecified atom stereocenters. The zero-order valence-corrected chi connectivity index (χ0v) is 11.0. The highest BCUT2D eigenvalue weighted by Crippen LogP contribution is 2.17. The fraction of sp³-hybridized carbons (Fsp3) is 0.429. The van der Waals surface area contributed by atoms with Crippen molar-refractivity contribution >= 4 is 11.9 Å². The third-order valence-electron chi connectivity index (χ3n) is 3.32. The summed E-state index contributed by atoms with van der Waals surface area (Å²) in [5.41, 5.74) is 2.47. The van der Waals surface area contributed by atoms with Gasteiger partial charge in [-0.2, -0.15) is 0 Å².